The molecule has 0 spiro atoms. The lowest BCUT2D eigenvalue weighted by molar-refractivity contribution is 0.0765. The molecule has 3 heterocycles. The molecule has 0 saturated carbocycles. The van der Waals surface area contributed by atoms with Crippen LogP contribution in [0.1, 0.15) is 101 Å². The van der Waals surface area contributed by atoms with Crippen LogP contribution in [0.3, 0.4) is 0 Å². The molecule has 2 aromatic rings. The van der Waals surface area contributed by atoms with Gasteiger partial charge in [-0.05, 0) is 51.3 Å². The summed E-state index contributed by atoms with van der Waals surface area (Å²) in [5.41, 5.74) is 2.77. The number of nitrogens with one attached hydrogen (secondary N) is 1. The van der Waals surface area contributed by atoms with E-state index in [1.807, 2.05) is 48.7 Å². The van der Waals surface area contributed by atoms with Crippen LogP contribution in [0, 0.1) is 12.8 Å². The molecule has 6 heteroatoms. The summed E-state index contributed by atoms with van der Waals surface area (Å²) in [6.45, 7) is 20.4. The molecule has 1 aliphatic heterocycles. The Balaban J connectivity index is 0.000000689. The van der Waals surface area contributed by atoms with E-state index < -0.39 is 0 Å². The highest BCUT2D eigenvalue weighted by Crippen LogP contribution is 2.26. The third-order valence-corrected chi connectivity index (χ3v) is 6.02. The number of hydrogen-bond acceptors (Lipinski definition) is 4. The molecule has 0 aliphatic carbocycles. The lowest BCUT2D eigenvalue weighted by Crippen LogP contribution is -2.34. The number of nitrogens with zero attached hydrogens (tertiary/aromatic N) is 4. The topological polar surface area (TPSA) is 63.1 Å². The molecule has 186 valence electrons. The summed E-state index contributed by atoms with van der Waals surface area (Å²) in [5.74, 6) is 1.32. The molecular formula is C27H47N5O. The summed E-state index contributed by atoms with van der Waals surface area (Å²) in [6, 6.07) is 6.23. The standard InChI is InChI=1S/C20H29N5O.C5H12.C2H6/c1-15(19-7-4-5-9-22-19)13-16(2)25-17(3)18(14-23-25)20(26)24-11-6-8-21-10-12-24;1-4-5(2)3;1-2/h4-5,7,9,14-16,21H,6,8,10-13H2,1-3H3;5H,4H2,1-3H3;1-2H3. The van der Waals surface area contributed by atoms with Gasteiger partial charge in [0.1, 0.15) is 0 Å². The first-order chi connectivity index (χ1) is 15.8. The first kappa shape index (κ1) is 28.8. The Hall–Kier alpha value is -2.21. The number of carbonyl (C=O) groups excluding carboxylic acids is 1. The van der Waals surface area contributed by atoms with Gasteiger partial charge in [0.25, 0.3) is 5.91 Å². The van der Waals surface area contributed by atoms with E-state index in [9.17, 15) is 4.79 Å². The number of rotatable bonds is 6. The Morgan fingerprint density at radius 2 is 1.82 bits per heavy atom. The normalized spacial score (nSPS) is 15.5. The van der Waals surface area contributed by atoms with Crippen LogP contribution < -0.4 is 5.32 Å². The van der Waals surface area contributed by atoms with E-state index in [1.165, 1.54) is 6.42 Å². The predicted octanol–water partition coefficient (Wildman–Crippen LogP) is 5.86. The molecule has 0 radical (unpaired) electrons. The summed E-state index contributed by atoms with van der Waals surface area (Å²) in [7, 11) is 0. The van der Waals surface area contributed by atoms with Gasteiger partial charge >= 0.3 is 0 Å². The van der Waals surface area contributed by atoms with Crippen molar-refractivity contribution in [3.63, 3.8) is 0 Å². The van der Waals surface area contributed by atoms with Gasteiger partial charge < -0.3 is 10.2 Å². The number of carbonyl (C=O) groups is 1. The van der Waals surface area contributed by atoms with Crippen molar-refractivity contribution in [1.29, 1.82) is 0 Å². The van der Waals surface area contributed by atoms with Gasteiger partial charge in [0.05, 0.1) is 17.8 Å². The molecule has 3 rings (SSSR count). The molecule has 1 saturated heterocycles. The zero-order chi connectivity index (χ0) is 24.8. The monoisotopic (exact) mass is 457 g/mol. The highest BCUT2D eigenvalue weighted by atomic mass is 16.2. The highest BCUT2D eigenvalue weighted by molar-refractivity contribution is 5.95. The van der Waals surface area contributed by atoms with Crippen LogP contribution in [0.5, 0.6) is 0 Å². The van der Waals surface area contributed by atoms with Crippen LogP contribution in [0.2, 0.25) is 0 Å². The number of aromatic nitrogens is 3. The van der Waals surface area contributed by atoms with Crippen LogP contribution >= 0.6 is 0 Å². The van der Waals surface area contributed by atoms with Gasteiger partial charge in [0.15, 0.2) is 0 Å². The maximum absolute atomic E-state index is 12.9. The molecule has 0 aromatic carbocycles. The van der Waals surface area contributed by atoms with Gasteiger partial charge in [0.2, 0.25) is 0 Å². The summed E-state index contributed by atoms with van der Waals surface area (Å²) in [4.78, 5) is 19.3. The fourth-order valence-corrected chi connectivity index (χ4v) is 3.70. The smallest absolute Gasteiger partial charge is 0.257 e. The Labute approximate surface area is 202 Å². The lowest BCUT2D eigenvalue weighted by Gasteiger charge is -2.21. The number of amides is 1. The van der Waals surface area contributed by atoms with Crippen LogP contribution in [-0.2, 0) is 0 Å². The van der Waals surface area contributed by atoms with E-state index in [0.717, 1.165) is 61.9 Å². The van der Waals surface area contributed by atoms with E-state index in [2.05, 4.69) is 56.1 Å². The van der Waals surface area contributed by atoms with Gasteiger partial charge in [-0.2, -0.15) is 5.10 Å². The molecule has 1 N–H and O–H groups in total. The van der Waals surface area contributed by atoms with Gasteiger partial charge in [-0.25, -0.2) is 0 Å². The average molecular weight is 458 g/mol. The number of hydrogen-bond donors (Lipinski definition) is 1. The molecule has 6 nitrogen and oxygen atoms in total. The van der Waals surface area contributed by atoms with Crippen molar-refractivity contribution >= 4 is 5.91 Å². The lowest BCUT2D eigenvalue weighted by atomic mass is 9.98. The van der Waals surface area contributed by atoms with Crippen LogP contribution in [0.25, 0.3) is 0 Å². The molecule has 1 amide bonds. The second-order valence-electron chi connectivity index (χ2n) is 9.03. The molecule has 33 heavy (non-hydrogen) atoms. The van der Waals surface area contributed by atoms with Crippen molar-refractivity contribution in [1.82, 2.24) is 25.0 Å². The fraction of sp³-hybridized carbons (Fsp3) is 0.667. The summed E-state index contributed by atoms with van der Waals surface area (Å²) < 4.78 is 1.99. The number of pyridine rings is 1. The molecule has 2 aromatic heterocycles. The Bertz CT molecular complexity index is 779. The molecule has 2 unspecified atom stereocenters. The third kappa shape index (κ3) is 9.28. The van der Waals surface area contributed by atoms with Crippen molar-refractivity contribution in [3.05, 3.63) is 47.5 Å². The van der Waals surface area contributed by atoms with E-state index in [-0.39, 0.29) is 11.9 Å². The zero-order valence-electron chi connectivity index (χ0n) is 22.3. The van der Waals surface area contributed by atoms with Crippen LogP contribution in [-0.4, -0.2) is 51.8 Å². The minimum atomic E-state index is 0.0995. The van der Waals surface area contributed by atoms with E-state index in [0.29, 0.717) is 5.92 Å². The van der Waals surface area contributed by atoms with Gasteiger partial charge in [0, 0.05) is 43.1 Å². The van der Waals surface area contributed by atoms with Crippen LogP contribution in [0.15, 0.2) is 30.6 Å². The highest BCUT2D eigenvalue weighted by Gasteiger charge is 2.23. The molecule has 0 bridgehead atoms. The first-order valence-electron chi connectivity index (χ1n) is 12.8. The largest absolute Gasteiger partial charge is 0.337 e. The van der Waals surface area contributed by atoms with Crippen molar-refractivity contribution in [2.75, 3.05) is 26.2 Å². The van der Waals surface area contributed by atoms with E-state index >= 15 is 0 Å². The minimum absolute atomic E-state index is 0.0995. The molecule has 1 fully saturated rings. The molecule has 1 aliphatic rings. The SMILES string of the molecule is CC.CCC(C)C.Cc1c(C(=O)N2CCCNCC2)cnn1C(C)CC(C)c1ccccn1. The summed E-state index contributed by atoms with van der Waals surface area (Å²) >= 11 is 0. The van der Waals surface area contributed by atoms with Gasteiger partial charge in [-0.1, -0.05) is 54.0 Å². The summed E-state index contributed by atoms with van der Waals surface area (Å²) in [6.07, 6.45) is 6.80. The predicted molar refractivity (Wildman–Crippen MR) is 139 cm³/mol. The second-order valence-corrected chi connectivity index (χ2v) is 9.03. The maximum atomic E-state index is 12.9. The van der Waals surface area contributed by atoms with Crippen molar-refractivity contribution in [3.8, 4) is 0 Å². The Morgan fingerprint density at radius 1 is 1.12 bits per heavy atom. The minimum Gasteiger partial charge on any atom is -0.337 e. The average Bonchev–Trinajstić information content (AvgIpc) is 3.03. The van der Waals surface area contributed by atoms with Gasteiger partial charge in [-0.15, -0.1) is 0 Å². The molecule has 2 atom stereocenters. The fourth-order valence-electron chi connectivity index (χ4n) is 3.70. The van der Waals surface area contributed by atoms with E-state index in [4.69, 9.17) is 0 Å². The second kappa shape index (κ2) is 15.6. The third-order valence-electron chi connectivity index (χ3n) is 6.02. The van der Waals surface area contributed by atoms with Crippen molar-refractivity contribution in [2.24, 2.45) is 5.92 Å². The van der Waals surface area contributed by atoms with Crippen molar-refractivity contribution < 1.29 is 4.79 Å². The van der Waals surface area contributed by atoms with Crippen LogP contribution in [0.4, 0.5) is 0 Å². The van der Waals surface area contributed by atoms with Gasteiger partial charge in [-0.3, -0.25) is 14.5 Å². The summed E-state index contributed by atoms with van der Waals surface area (Å²) in [5, 5.41) is 7.87. The molecular weight excluding hydrogens is 410 g/mol. The van der Waals surface area contributed by atoms with Crippen molar-refractivity contribution in [2.45, 2.75) is 86.6 Å². The quantitative estimate of drug-likeness (QED) is 0.590. The van der Waals surface area contributed by atoms with E-state index in [1.54, 1.807) is 6.20 Å². The first-order valence-corrected chi connectivity index (χ1v) is 12.8. The Morgan fingerprint density at radius 3 is 2.42 bits per heavy atom. The maximum Gasteiger partial charge on any atom is 0.257 e. The zero-order valence-corrected chi connectivity index (χ0v) is 22.3. The Kier molecular flexibility index (Phi) is 13.6.